The van der Waals surface area contributed by atoms with Crippen LogP contribution in [0.5, 0.6) is 0 Å². The lowest BCUT2D eigenvalue weighted by Crippen LogP contribution is -2.47. The van der Waals surface area contributed by atoms with Gasteiger partial charge in [-0.25, -0.2) is 8.42 Å². The topological polar surface area (TPSA) is 87.3 Å². The normalized spacial score (nSPS) is 13.4. The summed E-state index contributed by atoms with van der Waals surface area (Å²) in [6.45, 7) is 9.31. The number of benzene rings is 1. The number of hydrogen-bond acceptors (Lipinski definition) is 4. The van der Waals surface area contributed by atoms with Gasteiger partial charge < -0.3 is 10.6 Å². The Kier molecular flexibility index (Phi) is 5.45. The highest BCUT2D eigenvalue weighted by Gasteiger charge is 2.19. The minimum Gasteiger partial charge on any atom is -0.374 e. The molecule has 0 heterocycles. The van der Waals surface area contributed by atoms with E-state index in [9.17, 15) is 13.2 Å². The molecule has 7 heteroatoms. The molecule has 1 rings (SSSR count). The van der Waals surface area contributed by atoms with Crippen LogP contribution in [-0.4, -0.2) is 32.2 Å². The first-order chi connectivity index (χ1) is 9.87. The van der Waals surface area contributed by atoms with Gasteiger partial charge in [-0.05, 0) is 52.3 Å². The van der Waals surface area contributed by atoms with Crippen LogP contribution >= 0.6 is 0 Å². The van der Waals surface area contributed by atoms with Crippen molar-refractivity contribution in [2.45, 2.75) is 46.2 Å². The third-order valence-corrected chi connectivity index (χ3v) is 3.40. The van der Waals surface area contributed by atoms with E-state index >= 15 is 0 Å². The molecule has 0 radical (unpaired) electrons. The Morgan fingerprint density at radius 1 is 1.23 bits per heavy atom. The summed E-state index contributed by atoms with van der Waals surface area (Å²) < 4.78 is 25.2. The number of aryl methyl sites for hydroxylation is 1. The molecule has 1 aromatic rings. The van der Waals surface area contributed by atoms with Crippen molar-refractivity contribution in [2.24, 2.45) is 0 Å². The average molecular weight is 327 g/mol. The number of carbonyl (C=O) groups is 1. The molecule has 0 unspecified atom stereocenters. The fraction of sp³-hybridized carbons (Fsp3) is 0.533. The van der Waals surface area contributed by atoms with Crippen molar-refractivity contribution in [3.05, 3.63) is 23.8 Å². The maximum atomic E-state index is 12.1. The lowest BCUT2D eigenvalue weighted by Gasteiger charge is -2.24. The third-order valence-electron chi connectivity index (χ3n) is 2.81. The maximum Gasteiger partial charge on any atom is 0.242 e. The predicted molar refractivity (Wildman–Crippen MR) is 90.6 cm³/mol. The van der Waals surface area contributed by atoms with Gasteiger partial charge >= 0.3 is 0 Å². The quantitative estimate of drug-likeness (QED) is 0.773. The predicted octanol–water partition coefficient (Wildman–Crippen LogP) is 2.08. The van der Waals surface area contributed by atoms with Crippen molar-refractivity contribution < 1.29 is 13.2 Å². The second-order valence-electron chi connectivity index (χ2n) is 6.51. The van der Waals surface area contributed by atoms with Crippen LogP contribution in [-0.2, 0) is 14.8 Å². The van der Waals surface area contributed by atoms with Crippen molar-refractivity contribution in [3.8, 4) is 0 Å². The molecule has 0 aliphatic heterocycles. The van der Waals surface area contributed by atoms with Crippen LogP contribution in [0.15, 0.2) is 18.2 Å². The highest BCUT2D eigenvalue weighted by Crippen LogP contribution is 2.21. The van der Waals surface area contributed by atoms with Crippen molar-refractivity contribution in [1.29, 1.82) is 0 Å². The van der Waals surface area contributed by atoms with E-state index in [1.54, 1.807) is 19.1 Å². The average Bonchev–Trinajstić information content (AvgIpc) is 2.29. The van der Waals surface area contributed by atoms with Crippen molar-refractivity contribution in [1.82, 2.24) is 5.32 Å². The molecular weight excluding hydrogens is 302 g/mol. The Balaban J connectivity index is 2.86. The van der Waals surface area contributed by atoms with Crippen molar-refractivity contribution in [2.75, 3.05) is 16.3 Å². The van der Waals surface area contributed by atoms with E-state index in [-0.39, 0.29) is 11.4 Å². The van der Waals surface area contributed by atoms with Crippen LogP contribution in [0.4, 0.5) is 11.4 Å². The first-order valence-corrected chi connectivity index (χ1v) is 8.93. The summed E-state index contributed by atoms with van der Waals surface area (Å²) in [6.07, 6.45) is 1.10. The van der Waals surface area contributed by atoms with Gasteiger partial charge in [0.05, 0.1) is 11.9 Å². The Hall–Kier alpha value is -1.76. The highest BCUT2D eigenvalue weighted by atomic mass is 32.2. The zero-order valence-corrected chi connectivity index (χ0v) is 14.8. The summed E-state index contributed by atoms with van der Waals surface area (Å²) in [7, 11) is -3.34. The van der Waals surface area contributed by atoms with Crippen LogP contribution in [0.3, 0.4) is 0 Å². The first kappa shape index (κ1) is 18.3. The summed E-state index contributed by atoms with van der Waals surface area (Å²) >= 11 is 0. The fourth-order valence-corrected chi connectivity index (χ4v) is 2.43. The number of carbonyl (C=O) groups excluding carboxylic acids is 1. The molecule has 0 saturated heterocycles. The van der Waals surface area contributed by atoms with Gasteiger partial charge in [0.1, 0.15) is 6.04 Å². The van der Waals surface area contributed by atoms with Crippen molar-refractivity contribution in [3.63, 3.8) is 0 Å². The zero-order valence-electron chi connectivity index (χ0n) is 13.9. The smallest absolute Gasteiger partial charge is 0.242 e. The molecular formula is C15H25N3O3S. The molecule has 22 heavy (non-hydrogen) atoms. The SMILES string of the molecule is Cc1ccc(N[C@@H](C)C(=O)NC(C)(C)C)cc1NS(C)(=O)=O. The molecule has 0 fully saturated rings. The molecule has 124 valence electrons. The van der Waals surface area contributed by atoms with Crippen LogP contribution < -0.4 is 15.4 Å². The van der Waals surface area contributed by atoms with E-state index in [4.69, 9.17) is 0 Å². The monoisotopic (exact) mass is 327 g/mol. The Labute approximate surface area is 132 Å². The zero-order chi connectivity index (χ0) is 17.1. The van der Waals surface area contributed by atoms with E-state index < -0.39 is 16.1 Å². The summed E-state index contributed by atoms with van der Waals surface area (Å²) in [5.74, 6) is -0.120. The number of sulfonamides is 1. The van der Waals surface area contributed by atoms with Crippen LogP contribution in [0.2, 0.25) is 0 Å². The Morgan fingerprint density at radius 2 is 1.82 bits per heavy atom. The van der Waals surface area contributed by atoms with Gasteiger partial charge in [0.15, 0.2) is 0 Å². The Bertz CT molecular complexity index is 648. The van der Waals surface area contributed by atoms with Gasteiger partial charge in [0.25, 0.3) is 0 Å². The van der Waals surface area contributed by atoms with E-state index in [2.05, 4.69) is 15.4 Å². The Morgan fingerprint density at radius 3 is 2.32 bits per heavy atom. The summed E-state index contributed by atoms with van der Waals surface area (Å²) in [5.41, 5.74) is 1.68. The molecule has 0 bridgehead atoms. The summed E-state index contributed by atoms with van der Waals surface area (Å²) in [6, 6.07) is 4.85. The molecule has 0 aliphatic carbocycles. The standard InChI is InChI=1S/C15H25N3O3S/c1-10-7-8-12(9-13(10)18-22(6,20)21)16-11(2)14(19)17-15(3,4)5/h7-9,11,16,18H,1-6H3,(H,17,19)/t11-/m0/s1. The number of amides is 1. The minimum atomic E-state index is -3.34. The van der Waals surface area contributed by atoms with E-state index in [0.717, 1.165) is 11.8 Å². The molecule has 0 aliphatic rings. The lowest BCUT2D eigenvalue weighted by atomic mass is 10.1. The summed E-state index contributed by atoms with van der Waals surface area (Å²) in [5, 5.41) is 5.96. The van der Waals surface area contributed by atoms with Crippen LogP contribution in [0.25, 0.3) is 0 Å². The second-order valence-corrected chi connectivity index (χ2v) is 8.26. The van der Waals surface area contributed by atoms with E-state index in [0.29, 0.717) is 11.4 Å². The van der Waals surface area contributed by atoms with Gasteiger partial charge in [0.2, 0.25) is 15.9 Å². The second kappa shape index (κ2) is 6.56. The van der Waals surface area contributed by atoms with Gasteiger partial charge in [0, 0.05) is 11.2 Å². The number of anilines is 2. The van der Waals surface area contributed by atoms with Crippen LogP contribution in [0.1, 0.15) is 33.3 Å². The molecule has 0 spiro atoms. The molecule has 6 nitrogen and oxygen atoms in total. The van der Waals surface area contributed by atoms with Gasteiger partial charge in [-0.2, -0.15) is 0 Å². The molecule has 1 aromatic carbocycles. The molecule has 1 atom stereocenters. The largest absolute Gasteiger partial charge is 0.374 e. The lowest BCUT2D eigenvalue weighted by molar-refractivity contribution is -0.122. The summed E-state index contributed by atoms with van der Waals surface area (Å²) in [4.78, 5) is 12.1. The fourth-order valence-electron chi connectivity index (χ4n) is 1.81. The van der Waals surface area contributed by atoms with Gasteiger partial charge in [-0.1, -0.05) is 6.07 Å². The number of rotatable bonds is 5. The molecule has 0 saturated carbocycles. The van der Waals surface area contributed by atoms with Crippen molar-refractivity contribution >= 4 is 27.3 Å². The van der Waals surface area contributed by atoms with Gasteiger partial charge in [-0.15, -0.1) is 0 Å². The molecule has 3 N–H and O–H groups in total. The number of hydrogen-bond donors (Lipinski definition) is 3. The van der Waals surface area contributed by atoms with E-state index in [1.165, 1.54) is 0 Å². The van der Waals surface area contributed by atoms with Gasteiger partial charge in [-0.3, -0.25) is 9.52 Å². The first-order valence-electron chi connectivity index (χ1n) is 7.04. The van der Waals surface area contributed by atoms with Crippen LogP contribution in [0, 0.1) is 6.92 Å². The number of nitrogens with one attached hydrogen (secondary N) is 3. The highest BCUT2D eigenvalue weighted by molar-refractivity contribution is 7.92. The molecule has 1 amide bonds. The third kappa shape index (κ3) is 6.34. The maximum absolute atomic E-state index is 12.1. The van der Waals surface area contributed by atoms with E-state index in [1.807, 2.05) is 33.8 Å². The minimum absolute atomic E-state index is 0.120. The molecule has 0 aromatic heterocycles.